The Morgan fingerprint density at radius 1 is 1.29 bits per heavy atom. The van der Waals surface area contributed by atoms with Crippen LogP contribution in [0.15, 0.2) is 6.07 Å². The summed E-state index contributed by atoms with van der Waals surface area (Å²) in [6.07, 6.45) is 5.37. The Morgan fingerprint density at radius 2 is 2.14 bits per heavy atom. The molecule has 0 atom stereocenters. The molecule has 0 fully saturated rings. The van der Waals surface area contributed by atoms with Crippen LogP contribution in [0.25, 0.3) is 0 Å². The molecule has 2 aliphatic rings. The van der Waals surface area contributed by atoms with Crippen molar-refractivity contribution in [1.82, 2.24) is 5.32 Å². The third-order valence-corrected chi connectivity index (χ3v) is 4.21. The van der Waals surface area contributed by atoms with Gasteiger partial charge in [-0.3, -0.25) is 4.79 Å². The quantitative estimate of drug-likeness (QED) is 0.875. The summed E-state index contributed by atoms with van der Waals surface area (Å²) >= 11 is 0. The van der Waals surface area contributed by atoms with E-state index in [9.17, 15) is 4.79 Å². The molecule has 0 bridgehead atoms. The fourth-order valence-electron chi connectivity index (χ4n) is 3.10. The van der Waals surface area contributed by atoms with Gasteiger partial charge in [-0.15, -0.1) is 0 Å². The van der Waals surface area contributed by atoms with E-state index in [2.05, 4.69) is 18.3 Å². The molecular weight excluding hydrogens is 266 g/mol. The Labute approximate surface area is 125 Å². The van der Waals surface area contributed by atoms with Crippen molar-refractivity contribution in [3.63, 3.8) is 0 Å². The van der Waals surface area contributed by atoms with E-state index in [0.29, 0.717) is 13.0 Å². The molecular formula is C17H23NO3. The van der Waals surface area contributed by atoms with Crippen LogP contribution in [0.4, 0.5) is 0 Å². The fourth-order valence-corrected chi connectivity index (χ4v) is 3.10. The van der Waals surface area contributed by atoms with Crippen molar-refractivity contribution < 1.29 is 14.3 Å². The van der Waals surface area contributed by atoms with Crippen LogP contribution in [0.3, 0.4) is 0 Å². The number of ether oxygens (including phenoxy) is 2. The normalized spacial score (nSPS) is 15.1. The van der Waals surface area contributed by atoms with Gasteiger partial charge >= 0.3 is 0 Å². The maximum atomic E-state index is 11.7. The summed E-state index contributed by atoms with van der Waals surface area (Å²) in [5.74, 6) is 2.21. The van der Waals surface area contributed by atoms with Crippen molar-refractivity contribution >= 4 is 5.91 Å². The molecule has 1 N–H and O–H groups in total. The van der Waals surface area contributed by atoms with E-state index < -0.39 is 0 Å². The summed E-state index contributed by atoms with van der Waals surface area (Å²) in [6.45, 7) is 4.29. The highest BCUT2D eigenvalue weighted by molar-refractivity contribution is 5.75. The standard InChI is InChI=1S/C17H23NO3/c1-2-3-4-16(19)18-8-5-14-13-7-10-20-15(13)11-12-6-9-21-17(12)14/h11H,2-10H2,1H3,(H,18,19). The minimum Gasteiger partial charge on any atom is -0.493 e. The lowest BCUT2D eigenvalue weighted by atomic mass is 9.97. The number of fused-ring (bicyclic) bond motifs is 2. The molecule has 2 aliphatic heterocycles. The average Bonchev–Trinajstić information content (AvgIpc) is 3.12. The Balaban J connectivity index is 1.67. The predicted molar refractivity (Wildman–Crippen MR) is 81.1 cm³/mol. The van der Waals surface area contributed by atoms with E-state index in [0.717, 1.165) is 56.8 Å². The highest BCUT2D eigenvalue weighted by atomic mass is 16.5. The van der Waals surface area contributed by atoms with Gasteiger partial charge in [-0.2, -0.15) is 0 Å². The maximum absolute atomic E-state index is 11.7. The van der Waals surface area contributed by atoms with Gasteiger partial charge in [-0.25, -0.2) is 0 Å². The number of carbonyl (C=O) groups is 1. The molecule has 0 saturated carbocycles. The second kappa shape index (κ2) is 6.37. The first-order valence-corrected chi connectivity index (χ1v) is 7.99. The zero-order chi connectivity index (χ0) is 14.7. The number of hydrogen-bond donors (Lipinski definition) is 1. The van der Waals surface area contributed by atoms with E-state index in [4.69, 9.17) is 9.47 Å². The molecule has 0 radical (unpaired) electrons. The average molecular weight is 289 g/mol. The minimum atomic E-state index is 0.151. The first kappa shape index (κ1) is 14.2. The molecule has 3 rings (SSSR count). The zero-order valence-electron chi connectivity index (χ0n) is 12.7. The van der Waals surface area contributed by atoms with Crippen LogP contribution in [-0.2, 0) is 24.1 Å². The summed E-state index contributed by atoms with van der Waals surface area (Å²) in [7, 11) is 0. The highest BCUT2D eigenvalue weighted by Gasteiger charge is 2.26. The number of amides is 1. The summed E-state index contributed by atoms with van der Waals surface area (Å²) < 4.78 is 11.5. The second-order valence-corrected chi connectivity index (χ2v) is 5.72. The summed E-state index contributed by atoms with van der Waals surface area (Å²) in [5.41, 5.74) is 3.77. The van der Waals surface area contributed by atoms with Gasteiger partial charge in [0.1, 0.15) is 11.5 Å². The van der Waals surface area contributed by atoms with Crippen LogP contribution < -0.4 is 14.8 Å². The van der Waals surface area contributed by atoms with Crippen molar-refractivity contribution in [3.8, 4) is 11.5 Å². The fraction of sp³-hybridized carbons (Fsp3) is 0.588. The van der Waals surface area contributed by atoms with E-state index in [-0.39, 0.29) is 5.91 Å². The van der Waals surface area contributed by atoms with Crippen LogP contribution in [0.2, 0.25) is 0 Å². The molecule has 2 heterocycles. The first-order valence-electron chi connectivity index (χ1n) is 7.99. The van der Waals surface area contributed by atoms with Gasteiger partial charge in [0, 0.05) is 42.5 Å². The van der Waals surface area contributed by atoms with Gasteiger partial charge < -0.3 is 14.8 Å². The zero-order valence-corrected chi connectivity index (χ0v) is 12.7. The largest absolute Gasteiger partial charge is 0.493 e. The molecule has 1 amide bonds. The number of unbranched alkanes of at least 4 members (excludes halogenated alkanes) is 1. The van der Waals surface area contributed by atoms with Crippen molar-refractivity contribution in [3.05, 3.63) is 22.8 Å². The summed E-state index contributed by atoms with van der Waals surface area (Å²) in [6, 6.07) is 2.13. The molecule has 1 aromatic carbocycles. The van der Waals surface area contributed by atoms with Crippen LogP contribution in [0, 0.1) is 0 Å². The summed E-state index contributed by atoms with van der Waals surface area (Å²) in [4.78, 5) is 11.7. The molecule has 0 aromatic heterocycles. The van der Waals surface area contributed by atoms with Crippen LogP contribution in [0.1, 0.15) is 42.9 Å². The Kier molecular flexibility index (Phi) is 4.32. The van der Waals surface area contributed by atoms with Gasteiger partial charge in [0.05, 0.1) is 13.2 Å². The minimum absolute atomic E-state index is 0.151. The van der Waals surface area contributed by atoms with Crippen LogP contribution >= 0.6 is 0 Å². The lowest BCUT2D eigenvalue weighted by molar-refractivity contribution is -0.121. The maximum Gasteiger partial charge on any atom is 0.220 e. The molecule has 4 nitrogen and oxygen atoms in total. The molecule has 4 heteroatoms. The van der Waals surface area contributed by atoms with Crippen LogP contribution in [0.5, 0.6) is 11.5 Å². The SMILES string of the molecule is CCCCC(=O)NCCc1c2c(cc3c1OCC3)OCC2. The van der Waals surface area contributed by atoms with E-state index in [1.54, 1.807) is 0 Å². The Bertz CT molecular complexity index is 507. The predicted octanol–water partition coefficient (Wildman–Crippen LogP) is 2.41. The number of carbonyl (C=O) groups excluding carboxylic acids is 1. The van der Waals surface area contributed by atoms with Crippen molar-refractivity contribution in [2.24, 2.45) is 0 Å². The third kappa shape index (κ3) is 2.99. The topological polar surface area (TPSA) is 47.6 Å². The lowest BCUT2D eigenvalue weighted by Gasteiger charge is -2.13. The third-order valence-electron chi connectivity index (χ3n) is 4.21. The van der Waals surface area contributed by atoms with Crippen molar-refractivity contribution in [1.29, 1.82) is 0 Å². The van der Waals surface area contributed by atoms with Gasteiger partial charge in [0.2, 0.25) is 5.91 Å². The Morgan fingerprint density at radius 3 is 3.00 bits per heavy atom. The van der Waals surface area contributed by atoms with Gasteiger partial charge in [-0.1, -0.05) is 13.3 Å². The van der Waals surface area contributed by atoms with Gasteiger partial charge in [-0.05, 0) is 18.9 Å². The first-order chi connectivity index (χ1) is 10.3. The molecule has 1 aromatic rings. The molecule has 0 saturated heterocycles. The second-order valence-electron chi connectivity index (χ2n) is 5.72. The number of hydrogen-bond acceptors (Lipinski definition) is 3. The van der Waals surface area contributed by atoms with Gasteiger partial charge in [0.25, 0.3) is 0 Å². The van der Waals surface area contributed by atoms with Crippen molar-refractivity contribution in [2.75, 3.05) is 19.8 Å². The molecule has 0 spiro atoms. The van der Waals surface area contributed by atoms with Gasteiger partial charge in [0.15, 0.2) is 0 Å². The Hall–Kier alpha value is -1.71. The monoisotopic (exact) mass is 289 g/mol. The van der Waals surface area contributed by atoms with Crippen molar-refractivity contribution in [2.45, 2.75) is 45.4 Å². The molecule has 0 unspecified atom stereocenters. The number of benzene rings is 1. The molecule has 114 valence electrons. The molecule has 21 heavy (non-hydrogen) atoms. The molecule has 0 aliphatic carbocycles. The smallest absolute Gasteiger partial charge is 0.220 e. The summed E-state index contributed by atoms with van der Waals surface area (Å²) in [5, 5.41) is 3.01. The number of nitrogens with one attached hydrogen (secondary N) is 1. The highest BCUT2D eigenvalue weighted by Crippen LogP contribution is 2.40. The van der Waals surface area contributed by atoms with E-state index in [1.807, 2.05) is 0 Å². The van der Waals surface area contributed by atoms with Crippen LogP contribution in [-0.4, -0.2) is 25.7 Å². The van der Waals surface area contributed by atoms with E-state index in [1.165, 1.54) is 16.7 Å². The van der Waals surface area contributed by atoms with E-state index >= 15 is 0 Å². The number of rotatable bonds is 6. The lowest BCUT2D eigenvalue weighted by Crippen LogP contribution is -2.25.